The van der Waals surface area contributed by atoms with Crippen LogP contribution < -0.4 is 5.43 Å². The molecule has 0 atom stereocenters. The number of pyridine rings is 1. The van der Waals surface area contributed by atoms with Gasteiger partial charge in [0.2, 0.25) is 5.43 Å². The summed E-state index contributed by atoms with van der Waals surface area (Å²) < 4.78 is 27.5. The van der Waals surface area contributed by atoms with E-state index in [0.717, 1.165) is 12.3 Å². The van der Waals surface area contributed by atoms with Gasteiger partial charge in [-0.1, -0.05) is 0 Å². The fourth-order valence-corrected chi connectivity index (χ4v) is 2.04. The first-order valence-corrected chi connectivity index (χ1v) is 5.44. The van der Waals surface area contributed by atoms with Crippen molar-refractivity contribution in [3.8, 4) is 0 Å². The Hall–Kier alpha value is -1.14. The molecular weight excluding hydrogens is 206 g/mol. The van der Waals surface area contributed by atoms with Gasteiger partial charge in [-0.25, -0.2) is 0 Å². The maximum atomic E-state index is 11.4. The van der Waals surface area contributed by atoms with Crippen molar-refractivity contribution in [3.63, 3.8) is 0 Å². The van der Waals surface area contributed by atoms with Crippen LogP contribution in [-0.2, 0) is 14.3 Å². The van der Waals surface area contributed by atoms with Gasteiger partial charge in [-0.15, -0.1) is 0 Å². The maximum absolute atomic E-state index is 11.4. The van der Waals surface area contributed by atoms with Crippen molar-refractivity contribution in [3.05, 3.63) is 28.7 Å². The van der Waals surface area contributed by atoms with Crippen molar-refractivity contribution in [1.29, 1.82) is 0 Å². The molecular formula is C8H11NO4S. The fraction of sp³-hybridized carbons (Fsp3) is 0.375. The third-order valence-corrected chi connectivity index (χ3v) is 2.87. The number of H-pyrrole nitrogens is 1. The molecule has 0 saturated carbocycles. The van der Waals surface area contributed by atoms with E-state index < -0.39 is 21.7 Å². The lowest BCUT2D eigenvalue weighted by molar-refractivity contribution is 0.248. The van der Waals surface area contributed by atoms with E-state index in [-0.39, 0.29) is 4.90 Å². The Morgan fingerprint density at radius 3 is 2.57 bits per heavy atom. The minimum absolute atomic E-state index is 0.367. The van der Waals surface area contributed by atoms with Gasteiger partial charge in [0.05, 0.1) is 6.10 Å². The molecule has 1 N–H and O–H groups in total. The van der Waals surface area contributed by atoms with Gasteiger partial charge in [-0.2, -0.15) is 8.42 Å². The van der Waals surface area contributed by atoms with Crippen LogP contribution >= 0.6 is 0 Å². The largest absolute Gasteiger partial charge is 0.366 e. The Morgan fingerprint density at radius 1 is 1.43 bits per heavy atom. The van der Waals surface area contributed by atoms with Gasteiger partial charge in [-0.05, 0) is 13.8 Å². The summed E-state index contributed by atoms with van der Waals surface area (Å²) in [5.41, 5.74) is -0.579. The number of nitrogens with one attached hydrogen (secondary N) is 1. The molecule has 6 heteroatoms. The highest BCUT2D eigenvalue weighted by atomic mass is 32.2. The highest BCUT2D eigenvalue weighted by Gasteiger charge is 2.19. The summed E-state index contributed by atoms with van der Waals surface area (Å²) in [7, 11) is -3.93. The molecule has 1 aromatic heterocycles. The lowest BCUT2D eigenvalue weighted by Gasteiger charge is -2.06. The fourth-order valence-electron chi connectivity index (χ4n) is 0.901. The summed E-state index contributed by atoms with van der Waals surface area (Å²) in [4.78, 5) is 13.3. The molecule has 0 amide bonds. The first-order chi connectivity index (χ1) is 6.43. The Labute approximate surface area is 81.9 Å². The second-order valence-corrected chi connectivity index (χ2v) is 4.51. The predicted octanol–water partition coefficient (Wildman–Crippen LogP) is 0.489. The maximum Gasteiger partial charge on any atom is 0.302 e. The van der Waals surface area contributed by atoms with Gasteiger partial charge in [-0.3, -0.25) is 8.98 Å². The molecule has 0 saturated heterocycles. The van der Waals surface area contributed by atoms with Crippen LogP contribution in [0.4, 0.5) is 0 Å². The van der Waals surface area contributed by atoms with Gasteiger partial charge >= 0.3 is 10.1 Å². The van der Waals surface area contributed by atoms with E-state index >= 15 is 0 Å². The van der Waals surface area contributed by atoms with Crippen LogP contribution in [-0.4, -0.2) is 19.5 Å². The number of aromatic nitrogens is 1. The van der Waals surface area contributed by atoms with Crippen molar-refractivity contribution in [2.45, 2.75) is 24.8 Å². The lowest BCUT2D eigenvalue weighted by atomic mass is 10.5. The summed E-state index contributed by atoms with van der Waals surface area (Å²) in [6.07, 6.45) is 1.98. The molecule has 0 unspecified atom stereocenters. The van der Waals surface area contributed by atoms with E-state index in [1.165, 1.54) is 6.20 Å². The third-order valence-electron chi connectivity index (χ3n) is 1.38. The number of aromatic amines is 1. The topological polar surface area (TPSA) is 76.2 Å². The van der Waals surface area contributed by atoms with Gasteiger partial charge in [0.1, 0.15) is 0 Å². The Morgan fingerprint density at radius 2 is 2.07 bits per heavy atom. The Balaban J connectivity index is 3.18. The second-order valence-electron chi connectivity index (χ2n) is 2.97. The van der Waals surface area contributed by atoms with Crippen molar-refractivity contribution >= 4 is 10.1 Å². The van der Waals surface area contributed by atoms with Crippen molar-refractivity contribution in [2.24, 2.45) is 0 Å². The van der Waals surface area contributed by atoms with E-state index in [0.29, 0.717) is 0 Å². The van der Waals surface area contributed by atoms with Crippen molar-refractivity contribution < 1.29 is 12.6 Å². The molecule has 1 heterocycles. The summed E-state index contributed by atoms with van der Waals surface area (Å²) in [5.74, 6) is 0. The standard InChI is InChI=1S/C8H11NO4S/c1-6(2)13-14(11,12)8-5-9-4-3-7(8)10/h3-6H,1-2H3,(H,9,10). The molecule has 0 aliphatic carbocycles. The normalized spacial score (nSPS) is 11.9. The van der Waals surface area contributed by atoms with Gasteiger partial charge in [0.25, 0.3) is 0 Å². The molecule has 0 aliphatic rings. The van der Waals surface area contributed by atoms with Crippen LogP contribution in [0.25, 0.3) is 0 Å². The number of hydrogen-bond acceptors (Lipinski definition) is 4. The minimum Gasteiger partial charge on any atom is -0.366 e. The van der Waals surface area contributed by atoms with Gasteiger partial charge in [0.15, 0.2) is 4.90 Å². The number of hydrogen-bond donors (Lipinski definition) is 1. The molecule has 0 fully saturated rings. The molecule has 1 rings (SSSR count). The molecule has 0 radical (unpaired) electrons. The second kappa shape index (κ2) is 3.93. The Bertz CT molecular complexity index is 460. The van der Waals surface area contributed by atoms with Crippen molar-refractivity contribution in [2.75, 3.05) is 0 Å². The monoisotopic (exact) mass is 217 g/mol. The molecule has 0 aliphatic heterocycles. The smallest absolute Gasteiger partial charge is 0.302 e. The summed E-state index contributed by atoms with van der Waals surface area (Å²) in [6.45, 7) is 3.16. The van der Waals surface area contributed by atoms with Gasteiger partial charge < -0.3 is 4.98 Å². The average Bonchev–Trinajstić information content (AvgIpc) is 2.02. The van der Waals surface area contributed by atoms with Crippen molar-refractivity contribution in [1.82, 2.24) is 4.98 Å². The van der Waals surface area contributed by atoms with Crippen LogP contribution in [0.2, 0.25) is 0 Å². The highest BCUT2D eigenvalue weighted by molar-refractivity contribution is 7.86. The SMILES string of the molecule is CC(C)OS(=O)(=O)c1c[nH]ccc1=O. The van der Waals surface area contributed by atoms with Crippen LogP contribution in [0.15, 0.2) is 28.2 Å². The average molecular weight is 217 g/mol. The van der Waals surface area contributed by atoms with E-state index in [1.54, 1.807) is 13.8 Å². The van der Waals surface area contributed by atoms with E-state index in [4.69, 9.17) is 0 Å². The molecule has 0 aromatic carbocycles. The van der Waals surface area contributed by atoms with Crippen LogP contribution in [0.3, 0.4) is 0 Å². The molecule has 14 heavy (non-hydrogen) atoms. The summed E-state index contributed by atoms with van der Waals surface area (Å²) in [5, 5.41) is 0. The zero-order valence-electron chi connectivity index (χ0n) is 7.85. The predicted molar refractivity (Wildman–Crippen MR) is 50.5 cm³/mol. The third kappa shape index (κ3) is 2.43. The molecule has 0 spiro atoms. The summed E-state index contributed by atoms with van der Waals surface area (Å²) in [6, 6.07) is 1.14. The van der Waals surface area contributed by atoms with E-state index in [1.807, 2.05) is 0 Å². The van der Waals surface area contributed by atoms with Crippen LogP contribution in [0.1, 0.15) is 13.8 Å². The first-order valence-electron chi connectivity index (χ1n) is 4.04. The first kappa shape index (κ1) is 10.9. The lowest BCUT2D eigenvalue weighted by Crippen LogP contribution is -2.19. The molecule has 78 valence electrons. The van der Waals surface area contributed by atoms with Crippen LogP contribution in [0.5, 0.6) is 0 Å². The van der Waals surface area contributed by atoms with Gasteiger partial charge in [0, 0.05) is 18.5 Å². The quantitative estimate of drug-likeness (QED) is 0.747. The minimum atomic E-state index is -3.93. The summed E-state index contributed by atoms with van der Waals surface area (Å²) >= 11 is 0. The number of rotatable bonds is 3. The zero-order valence-corrected chi connectivity index (χ0v) is 8.67. The zero-order chi connectivity index (χ0) is 10.8. The molecule has 5 nitrogen and oxygen atoms in total. The molecule has 0 bridgehead atoms. The van der Waals surface area contributed by atoms with E-state index in [9.17, 15) is 13.2 Å². The highest BCUT2D eigenvalue weighted by Crippen LogP contribution is 2.07. The Kier molecular flexibility index (Phi) is 3.07. The van der Waals surface area contributed by atoms with Crippen LogP contribution in [0, 0.1) is 0 Å². The van der Waals surface area contributed by atoms with E-state index in [2.05, 4.69) is 9.17 Å². The molecule has 1 aromatic rings.